The highest BCUT2D eigenvalue weighted by molar-refractivity contribution is 6.32. The highest BCUT2D eigenvalue weighted by atomic mass is 35.5. The maximum atomic E-state index is 9.48. The van der Waals surface area contributed by atoms with Crippen molar-refractivity contribution in [1.82, 2.24) is 0 Å². The molecule has 2 aromatic carbocycles. The van der Waals surface area contributed by atoms with E-state index in [2.05, 4.69) is 0 Å². The third-order valence-electron chi connectivity index (χ3n) is 3.51. The van der Waals surface area contributed by atoms with Crippen molar-refractivity contribution in [3.63, 3.8) is 0 Å². The molecule has 0 saturated carbocycles. The van der Waals surface area contributed by atoms with Crippen molar-refractivity contribution in [3.05, 3.63) is 57.6 Å². The minimum Gasteiger partial charge on any atom is -0.506 e. The molecule has 0 amide bonds. The molecule has 118 valence electrons. The Balaban J connectivity index is 2.20. The topological polar surface area (TPSA) is 55.5 Å². The molecule has 0 radical (unpaired) electrons. The molecule has 0 fully saturated rings. The summed E-state index contributed by atoms with van der Waals surface area (Å²) in [7, 11) is 0. The minimum absolute atomic E-state index is 0.0822. The lowest BCUT2D eigenvalue weighted by Crippen LogP contribution is -2.15. The van der Waals surface area contributed by atoms with Gasteiger partial charge in [-0.1, -0.05) is 35.3 Å². The first-order valence-electron chi connectivity index (χ1n) is 7.14. The van der Waals surface area contributed by atoms with Crippen LogP contribution in [0.15, 0.2) is 36.4 Å². The van der Waals surface area contributed by atoms with Gasteiger partial charge in [0.25, 0.3) is 0 Å². The van der Waals surface area contributed by atoms with Crippen LogP contribution in [0.3, 0.4) is 0 Å². The second-order valence-corrected chi connectivity index (χ2v) is 5.86. The standard InChI is InChI=1S/C17H19Cl2NO2/c1-2-22-17-6-4-12(9-15(17)19)13(10-20)7-11-3-5-16(21)14(18)8-11/h3-6,8-9,13,21H,2,7,10,20H2,1H3. The van der Waals surface area contributed by atoms with E-state index in [1.165, 1.54) is 0 Å². The molecule has 22 heavy (non-hydrogen) atoms. The van der Waals surface area contributed by atoms with E-state index in [1.807, 2.05) is 31.2 Å². The second kappa shape index (κ2) is 7.73. The lowest BCUT2D eigenvalue weighted by Gasteiger charge is -2.17. The van der Waals surface area contributed by atoms with Crippen molar-refractivity contribution in [2.45, 2.75) is 19.3 Å². The summed E-state index contributed by atoms with van der Waals surface area (Å²) in [5.41, 5.74) is 7.98. The monoisotopic (exact) mass is 339 g/mol. The molecular formula is C17H19Cl2NO2. The van der Waals surface area contributed by atoms with Crippen molar-refractivity contribution in [2.24, 2.45) is 5.73 Å². The second-order valence-electron chi connectivity index (χ2n) is 5.05. The van der Waals surface area contributed by atoms with Crippen molar-refractivity contribution >= 4 is 23.2 Å². The Hall–Kier alpha value is -1.42. The summed E-state index contributed by atoms with van der Waals surface area (Å²) in [4.78, 5) is 0. The summed E-state index contributed by atoms with van der Waals surface area (Å²) < 4.78 is 5.44. The molecule has 2 aromatic rings. The van der Waals surface area contributed by atoms with Gasteiger partial charge in [-0.15, -0.1) is 0 Å². The summed E-state index contributed by atoms with van der Waals surface area (Å²) >= 11 is 12.2. The van der Waals surface area contributed by atoms with Crippen LogP contribution in [0.25, 0.3) is 0 Å². The number of phenolic OH excluding ortho intramolecular Hbond substituents is 1. The van der Waals surface area contributed by atoms with Crippen molar-refractivity contribution in [1.29, 1.82) is 0 Å². The van der Waals surface area contributed by atoms with Crippen LogP contribution in [0, 0.1) is 0 Å². The predicted molar refractivity (Wildman–Crippen MR) is 91.2 cm³/mol. The lowest BCUT2D eigenvalue weighted by atomic mass is 9.92. The molecule has 0 spiro atoms. The number of hydrogen-bond donors (Lipinski definition) is 2. The van der Waals surface area contributed by atoms with Crippen molar-refractivity contribution < 1.29 is 9.84 Å². The number of hydrogen-bond acceptors (Lipinski definition) is 3. The fourth-order valence-electron chi connectivity index (χ4n) is 2.34. The van der Waals surface area contributed by atoms with E-state index in [-0.39, 0.29) is 11.7 Å². The zero-order valence-electron chi connectivity index (χ0n) is 12.4. The number of nitrogens with two attached hydrogens (primary N) is 1. The smallest absolute Gasteiger partial charge is 0.137 e. The van der Waals surface area contributed by atoms with E-state index >= 15 is 0 Å². The Labute approximate surface area is 140 Å². The first-order valence-corrected chi connectivity index (χ1v) is 7.90. The lowest BCUT2D eigenvalue weighted by molar-refractivity contribution is 0.340. The minimum atomic E-state index is 0.0822. The zero-order chi connectivity index (χ0) is 16.1. The maximum Gasteiger partial charge on any atom is 0.137 e. The average Bonchev–Trinajstić information content (AvgIpc) is 2.50. The van der Waals surface area contributed by atoms with Gasteiger partial charge >= 0.3 is 0 Å². The van der Waals surface area contributed by atoms with Crippen LogP contribution in [-0.2, 0) is 6.42 Å². The van der Waals surface area contributed by atoms with Gasteiger partial charge in [0.15, 0.2) is 0 Å². The molecule has 0 bridgehead atoms. The Bertz CT molecular complexity index is 647. The van der Waals surface area contributed by atoms with Crippen LogP contribution in [0.1, 0.15) is 24.0 Å². The third kappa shape index (κ3) is 4.07. The number of phenols is 1. The van der Waals surface area contributed by atoms with Gasteiger partial charge in [0.2, 0.25) is 0 Å². The SMILES string of the molecule is CCOc1ccc(C(CN)Cc2ccc(O)c(Cl)c2)cc1Cl. The van der Waals surface area contributed by atoms with E-state index in [9.17, 15) is 5.11 Å². The van der Waals surface area contributed by atoms with E-state index in [0.717, 1.165) is 17.5 Å². The van der Waals surface area contributed by atoms with E-state index in [4.69, 9.17) is 33.7 Å². The largest absolute Gasteiger partial charge is 0.506 e. The summed E-state index contributed by atoms with van der Waals surface area (Å²) in [6, 6.07) is 10.9. The normalized spacial score (nSPS) is 12.2. The molecule has 1 unspecified atom stereocenters. The van der Waals surface area contributed by atoms with Gasteiger partial charge in [0, 0.05) is 5.92 Å². The molecule has 1 atom stereocenters. The van der Waals surface area contributed by atoms with Crippen LogP contribution in [0.4, 0.5) is 0 Å². The summed E-state index contributed by atoms with van der Waals surface area (Å²) in [5.74, 6) is 0.879. The van der Waals surface area contributed by atoms with Gasteiger partial charge in [-0.3, -0.25) is 0 Å². The number of rotatable bonds is 6. The number of ether oxygens (including phenoxy) is 1. The molecule has 0 aliphatic carbocycles. The predicted octanol–water partition coefficient (Wildman–Crippen LogP) is 4.38. The van der Waals surface area contributed by atoms with Gasteiger partial charge in [-0.25, -0.2) is 0 Å². The first-order chi connectivity index (χ1) is 10.5. The van der Waals surface area contributed by atoms with E-state index in [1.54, 1.807) is 12.1 Å². The molecule has 0 aliphatic rings. The molecule has 3 nitrogen and oxygen atoms in total. The van der Waals surface area contributed by atoms with E-state index in [0.29, 0.717) is 28.9 Å². The number of aromatic hydroxyl groups is 1. The molecule has 0 aromatic heterocycles. The molecule has 0 aliphatic heterocycles. The zero-order valence-corrected chi connectivity index (χ0v) is 13.9. The molecule has 5 heteroatoms. The highest BCUT2D eigenvalue weighted by Crippen LogP contribution is 2.31. The van der Waals surface area contributed by atoms with E-state index < -0.39 is 0 Å². The highest BCUT2D eigenvalue weighted by Gasteiger charge is 2.14. The Morgan fingerprint density at radius 3 is 2.50 bits per heavy atom. The molecule has 3 N–H and O–H groups in total. The van der Waals surface area contributed by atoms with Gasteiger partial charge in [0.05, 0.1) is 16.7 Å². The third-order valence-corrected chi connectivity index (χ3v) is 4.10. The molecule has 2 rings (SSSR count). The first kappa shape index (κ1) is 16.9. The van der Waals surface area contributed by atoms with Crippen molar-refractivity contribution in [2.75, 3.05) is 13.2 Å². The van der Waals surface area contributed by atoms with Crippen LogP contribution < -0.4 is 10.5 Å². The Kier molecular flexibility index (Phi) is 5.95. The molecule has 0 heterocycles. The molecule has 0 saturated heterocycles. The molecular weight excluding hydrogens is 321 g/mol. The van der Waals surface area contributed by atoms with Crippen molar-refractivity contribution in [3.8, 4) is 11.5 Å². The quantitative estimate of drug-likeness (QED) is 0.820. The number of halogens is 2. The van der Waals surface area contributed by atoms with Crippen LogP contribution in [0.2, 0.25) is 10.0 Å². The van der Waals surface area contributed by atoms with Gasteiger partial charge < -0.3 is 15.6 Å². The fourth-order valence-corrected chi connectivity index (χ4v) is 2.79. The maximum absolute atomic E-state index is 9.48. The van der Waals surface area contributed by atoms with Crippen LogP contribution >= 0.6 is 23.2 Å². The van der Waals surface area contributed by atoms with Gasteiger partial charge in [-0.05, 0) is 55.3 Å². The van der Waals surface area contributed by atoms with Gasteiger partial charge in [0.1, 0.15) is 11.5 Å². The summed E-state index contributed by atoms with van der Waals surface area (Å²) in [6.07, 6.45) is 0.723. The van der Waals surface area contributed by atoms with Gasteiger partial charge in [-0.2, -0.15) is 0 Å². The number of benzene rings is 2. The van der Waals surface area contributed by atoms with Crippen LogP contribution in [0.5, 0.6) is 11.5 Å². The van der Waals surface area contributed by atoms with Crippen LogP contribution in [-0.4, -0.2) is 18.3 Å². The summed E-state index contributed by atoms with van der Waals surface area (Å²) in [5, 5.41) is 10.4. The fraction of sp³-hybridized carbons (Fsp3) is 0.294. The summed E-state index contributed by atoms with van der Waals surface area (Å²) in [6.45, 7) is 2.98. The Morgan fingerprint density at radius 2 is 1.91 bits per heavy atom. The Morgan fingerprint density at radius 1 is 1.14 bits per heavy atom. The average molecular weight is 340 g/mol.